The zero-order chi connectivity index (χ0) is 9.84. The van der Waals surface area contributed by atoms with E-state index in [2.05, 4.69) is 12.2 Å². The first-order valence-corrected chi connectivity index (χ1v) is 4.67. The number of likely N-dealkylation sites (N-methyl/N-ethyl adjacent to an activating group) is 1. The molecule has 0 saturated carbocycles. The topological polar surface area (TPSA) is 40.5 Å². The molecule has 1 aliphatic rings. The van der Waals surface area contributed by atoms with Gasteiger partial charge in [-0.15, -0.1) is 0 Å². The highest BCUT2D eigenvalue weighted by molar-refractivity contribution is 5.73. The minimum absolute atomic E-state index is 0.275. The van der Waals surface area contributed by atoms with Gasteiger partial charge >= 0.3 is 5.97 Å². The quantitative estimate of drug-likeness (QED) is 0.671. The van der Waals surface area contributed by atoms with Gasteiger partial charge in [0.15, 0.2) is 0 Å². The van der Waals surface area contributed by atoms with Crippen molar-refractivity contribution >= 4 is 5.97 Å². The molecule has 1 rings (SSSR count). The number of allylic oxidation sites excluding steroid dienone is 2. The van der Waals surface area contributed by atoms with Gasteiger partial charge in [-0.25, -0.2) is 0 Å². The molecule has 0 aromatic carbocycles. The number of carboxylic acids is 1. The van der Waals surface area contributed by atoms with Gasteiger partial charge in [0.1, 0.15) is 6.04 Å². The average Bonchev–Trinajstić information content (AvgIpc) is 2.04. The van der Waals surface area contributed by atoms with Crippen molar-refractivity contribution in [1.29, 1.82) is 0 Å². The molecule has 0 radical (unpaired) electrons. The smallest absolute Gasteiger partial charge is 0.321 e. The summed E-state index contributed by atoms with van der Waals surface area (Å²) in [7, 11) is 3.66. The van der Waals surface area contributed by atoms with Gasteiger partial charge in [0, 0.05) is 0 Å². The standard InChI is InChI=1S/C10H17NO2/c1-11(2)9(10(12)13)8-6-4-3-5-7-8/h3-4,8-9H,5-7H2,1-2H3,(H,12,13). The molecule has 0 heterocycles. The Morgan fingerprint density at radius 1 is 1.54 bits per heavy atom. The molecule has 1 aliphatic carbocycles. The zero-order valence-corrected chi connectivity index (χ0v) is 8.23. The number of aliphatic carboxylic acids is 1. The van der Waals surface area contributed by atoms with Gasteiger partial charge in [-0.1, -0.05) is 12.2 Å². The van der Waals surface area contributed by atoms with Crippen LogP contribution < -0.4 is 0 Å². The third kappa shape index (κ3) is 2.56. The molecule has 0 saturated heterocycles. The van der Waals surface area contributed by atoms with Crippen LogP contribution in [-0.2, 0) is 4.79 Å². The van der Waals surface area contributed by atoms with E-state index in [9.17, 15) is 4.79 Å². The molecule has 0 spiro atoms. The average molecular weight is 183 g/mol. The van der Waals surface area contributed by atoms with Crippen LogP contribution in [-0.4, -0.2) is 36.1 Å². The molecule has 0 aromatic heterocycles. The number of rotatable bonds is 3. The molecule has 13 heavy (non-hydrogen) atoms. The Balaban J connectivity index is 2.64. The molecular formula is C10H17NO2. The van der Waals surface area contributed by atoms with Crippen molar-refractivity contribution in [3.05, 3.63) is 12.2 Å². The monoisotopic (exact) mass is 183 g/mol. The molecular weight excluding hydrogens is 166 g/mol. The fourth-order valence-electron chi connectivity index (χ4n) is 1.95. The van der Waals surface area contributed by atoms with E-state index in [1.54, 1.807) is 4.90 Å². The Kier molecular flexibility index (Phi) is 3.48. The lowest BCUT2D eigenvalue weighted by Crippen LogP contribution is -2.42. The SMILES string of the molecule is CN(C)C(C(=O)O)C1CC=CCC1. The fourth-order valence-corrected chi connectivity index (χ4v) is 1.95. The van der Waals surface area contributed by atoms with E-state index in [0.717, 1.165) is 19.3 Å². The van der Waals surface area contributed by atoms with Gasteiger partial charge in [-0.05, 0) is 39.3 Å². The summed E-state index contributed by atoms with van der Waals surface area (Å²) in [5, 5.41) is 9.03. The van der Waals surface area contributed by atoms with Crippen LogP contribution >= 0.6 is 0 Å². The van der Waals surface area contributed by atoms with Crippen molar-refractivity contribution in [2.75, 3.05) is 14.1 Å². The molecule has 0 aromatic rings. The number of hydrogen-bond donors (Lipinski definition) is 1. The lowest BCUT2D eigenvalue weighted by Gasteiger charge is -2.29. The van der Waals surface area contributed by atoms with Crippen LogP contribution in [0.15, 0.2) is 12.2 Å². The van der Waals surface area contributed by atoms with Gasteiger partial charge in [0.25, 0.3) is 0 Å². The minimum atomic E-state index is -0.703. The molecule has 1 N–H and O–H groups in total. The normalized spacial score (nSPS) is 24.7. The van der Waals surface area contributed by atoms with E-state index < -0.39 is 5.97 Å². The Bertz CT molecular complexity index is 211. The van der Waals surface area contributed by atoms with Crippen molar-refractivity contribution in [3.63, 3.8) is 0 Å². The summed E-state index contributed by atoms with van der Waals surface area (Å²) in [6.07, 6.45) is 7.13. The molecule has 74 valence electrons. The van der Waals surface area contributed by atoms with E-state index in [1.807, 2.05) is 14.1 Å². The molecule has 0 bridgehead atoms. The van der Waals surface area contributed by atoms with E-state index in [1.165, 1.54) is 0 Å². The van der Waals surface area contributed by atoms with Gasteiger partial charge in [-0.3, -0.25) is 9.69 Å². The highest BCUT2D eigenvalue weighted by Crippen LogP contribution is 2.24. The molecule has 0 fully saturated rings. The highest BCUT2D eigenvalue weighted by Gasteiger charge is 2.29. The zero-order valence-electron chi connectivity index (χ0n) is 8.23. The van der Waals surface area contributed by atoms with Crippen LogP contribution in [0.3, 0.4) is 0 Å². The summed E-state index contributed by atoms with van der Waals surface area (Å²) in [4.78, 5) is 12.8. The Hall–Kier alpha value is -0.830. The summed E-state index contributed by atoms with van der Waals surface area (Å²) in [6, 6.07) is -0.329. The highest BCUT2D eigenvalue weighted by atomic mass is 16.4. The molecule has 0 aliphatic heterocycles. The first-order valence-electron chi connectivity index (χ1n) is 4.67. The van der Waals surface area contributed by atoms with Crippen molar-refractivity contribution in [2.45, 2.75) is 25.3 Å². The summed E-state index contributed by atoms with van der Waals surface area (Å²) < 4.78 is 0. The van der Waals surface area contributed by atoms with Crippen LogP contribution in [0.4, 0.5) is 0 Å². The van der Waals surface area contributed by atoms with E-state index in [0.29, 0.717) is 0 Å². The Morgan fingerprint density at radius 2 is 2.23 bits per heavy atom. The lowest BCUT2D eigenvalue weighted by molar-refractivity contribution is -0.144. The molecule has 2 unspecified atom stereocenters. The van der Waals surface area contributed by atoms with Crippen molar-refractivity contribution in [1.82, 2.24) is 4.90 Å². The molecule has 2 atom stereocenters. The van der Waals surface area contributed by atoms with Gasteiger partial charge in [-0.2, -0.15) is 0 Å². The van der Waals surface area contributed by atoms with Crippen LogP contribution in [0.2, 0.25) is 0 Å². The second kappa shape index (κ2) is 4.42. The van der Waals surface area contributed by atoms with Gasteiger partial charge in [0.2, 0.25) is 0 Å². The van der Waals surface area contributed by atoms with E-state index in [4.69, 9.17) is 5.11 Å². The lowest BCUT2D eigenvalue weighted by atomic mass is 9.87. The van der Waals surface area contributed by atoms with Gasteiger partial charge in [0.05, 0.1) is 0 Å². The second-order valence-electron chi connectivity index (χ2n) is 3.79. The van der Waals surface area contributed by atoms with Gasteiger partial charge < -0.3 is 5.11 Å². The Morgan fingerprint density at radius 3 is 2.62 bits per heavy atom. The fraction of sp³-hybridized carbons (Fsp3) is 0.700. The summed E-state index contributed by atoms with van der Waals surface area (Å²) in [5.41, 5.74) is 0. The first kappa shape index (κ1) is 10.3. The predicted molar refractivity (Wildman–Crippen MR) is 51.6 cm³/mol. The van der Waals surface area contributed by atoms with Crippen molar-refractivity contribution in [2.24, 2.45) is 5.92 Å². The molecule has 3 heteroatoms. The number of carbonyl (C=O) groups is 1. The largest absolute Gasteiger partial charge is 0.480 e. The predicted octanol–water partition coefficient (Wildman–Crippen LogP) is 1.36. The maximum Gasteiger partial charge on any atom is 0.321 e. The van der Waals surface area contributed by atoms with Crippen molar-refractivity contribution in [3.8, 4) is 0 Å². The van der Waals surface area contributed by atoms with E-state index in [-0.39, 0.29) is 12.0 Å². The number of carboxylic acid groups (broad SMARTS) is 1. The minimum Gasteiger partial charge on any atom is -0.480 e. The summed E-state index contributed by atoms with van der Waals surface area (Å²) in [6.45, 7) is 0. The molecule has 3 nitrogen and oxygen atoms in total. The Labute approximate surface area is 79.0 Å². The summed E-state index contributed by atoms with van der Waals surface area (Å²) >= 11 is 0. The van der Waals surface area contributed by atoms with E-state index >= 15 is 0 Å². The van der Waals surface area contributed by atoms with Crippen molar-refractivity contribution < 1.29 is 9.90 Å². The molecule has 0 amide bonds. The third-order valence-corrected chi connectivity index (χ3v) is 2.57. The van der Waals surface area contributed by atoms with Crippen LogP contribution in [0.1, 0.15) is 19.3 Å². The second-order valence-corrected chi connectivity index (χ2v) is 3.79. The maximum atomic E-state index is 11.0. The maximum absolute atomic E-state index is 11.0. The summed E-state index contributed by atoms with van der Waals surface area (Å²) in [5.74, 6) is -0.428. The van der Waals surface area contributed by atoms with Crippen LogP contribution in [0.25, 0.3) is 0 Å². The first-order chi connectivity index (χ1) is 6.13. The third-order valence-electron chi connectivity index (χ3n) is 2.57. The number of nitrogens with zero attached hydrogens (tertiary/aromatic N) is 1. The van der Waals surface area contributed by atoms with Crippen LogP contribution in [0.5, 0.6) is 0 Å². The van der Waals surface area contributed by atoms with Crippen LogP contribution in [0, 0.1) is 5.92 Å². The number of hydrogen-bond acceptors (Lipinski definition) is 2.